The lowest BCUT2D eigenvalue weighted by Gasteiger charge is -2.55. The van der Waals surface area contributed by atoms with E-state index in [0.29, 0.717) is 0 Å². The summed E-state index contributed by atoms with van der Waals surface area (Å²) >= 11 is 0. The average Bonchev–Trinajstić information content (AvgIpc) is 2.50. The van der Waals surface area contributed by atoms with Crippen LogP contribution in [0.5, 0.6) is 0 Å². The fraction of sp³-hybridized carbons (Fsp3) is 0.941. The number of nitrogens with one attached hydrogen (secondary N) is 2. The number of amides is 2. The molecule has 2 aliphatic rings. The molecule has 2 saturated carbocycles. The Morgan fingerprint density at radius 2 is 1.77 bits per heavy atom. The van der Waals surface area contributed by atoms with Crippen molar-refractivity contribution < 1.29 is 14.6 Å². The van der Waals surface area contributed by atoms with Gasteiger partial charge in [-0.3, -0.25) is 0 Å². The quantitative estimate of drug-likeness (QED) is 0.706. The highest BCUT2D eigenvalue weighted by molar-refractivity contribution is 5.75. The van der Waals surface area contributed by atoms with Crippen LogP contribution in [0.15, 0.2) is 0 Å². The first kappa shape index (κ1) is 17.5. The number of carbonyl (C=O) groups is 1. The average molecular weight is 312 g/mol. The van der Waals surface area contributed by atoms with E-state index in [4.69, 9.17) is 4.74 Å². The van der Waals surface area contributed by atoms with Gasteiger partial charge in [0.25, 0.3) is 0 Å². The molecule has 22 heavy (non-hydrogen) atoms. The smallest absolute Gasteiger partial charge is 0.315 e. The molecule has 0 spiro atoms. The van der Waals surface area contributed by atoms with Crippen molar-refractivity contribution in [3.05, 3.63) is 0 Å². The monoisotopic (exact) mass is 312 g/mol. The Hall–Kier alpha value is -0.810. The van der Waals surface area contributed by atoms with Gasteiger partial charge in [0.1, 0.15) is 0 Å². The van der Waals surface area contributed by atoms with E-state index in [1.807, 2.05) is 6.92 Å². The van der Waals surface area contributed by atoms with Gasteiger partial charge in [-0.1, -0.05) is 13.8 Å². The third-order valence-corrected chi connectivity index (χ3v) is 5.81. The third-order valence-electron chi connectivity index (χ3n) is 5.81. The molecule has 2 fully saturated rings. The first-order valence-electron chi connectivity index (χ1n) is 8.92. The molecular weight excluding hydrogens is 280 g/mol. The second kappa shape index (κ2) is 7.64. The first-order chi connectivity index (χ1) is 10.6. The van der Waals surface area contributed by atoms with Crippen LogP contribution in [0, 0.1) is 5.41 Å². The lowest BCUT2D eigenvalue weighted by Crippen LogP contribution is -2.65. The highest BCUT2D eigenvalue weighted by Gasteiger charge is 2.53. The minimum atomic E-state index is -0.187. The molecule has 0 aromatic carbocycles. The van der Waals surface area contributed by atoms with E-state index < -0.39 is 0 Å². The summed E-state index contributed by atoms with van der Waals surface area (Å²) < 4.78 is 5.85. The van der Waals surface area contributed by atoms with Crippen molar-refractivity contribution in [1.82, 2.24) is 10.6 Å². The molecule has 3 N–H and O–H groups in total. The Kier molecular flexibility index (Phi) is 6.09. The summed E-state index contributed by atoms with van der Waals surface area (Å²) in [6.07, 6.45) is 6.34. The third kappa shape index (κ3) is 3.57. The van der Waals surface area contributed by atoms with Gasteiger partial charge in [-0.25, -0.2) is 4.79 Å². The standard InChI is InChI=1S/C17H32N2O3/c1-4-17(5-2)14(11-15(17)22-6-3)19-16(21)18-12-7-9-13(20)10-8-12/h12-15,20H,4-11H2,1-3H3,(H2,18,19,21). The number of hydrogen-bond donors (Lipinski definition) is 3. The fourth-order valence-electron chi connectivity index (χ4n) is 4.19. The normalized spacial score (nSPS) is 33.8. The van der Waals surface area contributed by atoms with Crippen molar-refractivity contribution in [2.75, 3.05) is 6.61 Å². The van der Waals surface area contributed by atoms with Crippen molar-refractivity contribution >= 4 is 6.03 Å². The molecule has 0 bridgehead atoms. The highest BCUT2D eigenvalue weighted by atomic mass is 16.5. The van der Waals surface area contributed by atoms with Crippen molar-refractivity contribution in [2.24, 2.45) is 5.41 Å². The van der Waals surface area contributed by atoms with E-state index in [1.54, 1.807) is 0 Å². The van der Waals surface area contributed by atoms with Crippen LogP contribution in [-0.2, 0) is 4.74 Å². The molecule has 0 aliphatic heterocycles. The number of hydrogen-bond acceptors (Lipinski definition) is 3. The van der Waals surface area contributed by atoms with Crippen LogP contribution in [0.25, 0.3) is 0 Å². The molecule has 2 atom stereocenters. The molecule has 5 heteroatoms. The SMILES string of the molecule is CCOC1CC(NC(=O)NC2CCC(O)CC2)C1(CC)CC. The Balaban J connectivity index is 1.83. The molecular formula is C17H32N2O3. The number of aliphatic hydroxyl groups excluding tert-OH is 1. The number of carbonyl (C=O) groups excluding carboxylic acids is 1. The van der Waals surface area contributed by atoms with Crippen LogP contribution in [-0.4, -0.2) is 42.0 Å². The van der Waals surface area contributed by atoms with Gasteiger partial charge in [0.2, 0.25) is 0 Å². The summed E-state index contributed by atoms with van der Waals surface area (Å²) in [7, 11) is 0. The van der Waals surface area contributed by atoms with Crippen molar-refractivity contribution in [1.29, 1.82) is 0 Å². The van der Waals surface area contributed by atoms with Crippen LogP contribution in [0.1, 0.15) is 65.7 Å². The Morgan fingerprint density at radius 1 is 1.14 bits per heavy atom. The van der Waals surface area contributed by atoms with Crippen molar-refractivity contribution in [2.45, 2.75) is 90.0 Å². The summed E-state index contributed by atoms with van der Waals surface area (Å²) in [6.45, 7) is 7.13. The number of rotatable bonds is 6. The second-order valence-electron chi connectivity index (χ2n) is 6.80. The summed E-state index contributed by atoms with van der Waals surface area (Å²) in [4.78, 5) is 12.3. The molecule has 2 aliphatic carbocycles. The molecule has 2 unspecified atom stereocenters. The number of urea groups is 1. The van der Waals surface area contributed by atoms with E-state index in [-0.39, 0.29) is 35.7 Å². The molecule has 0 heterocycles. The van der Waals surface area contributed by atoms with Gasteiger partial charge in [0.05, 0.1) is 12.2 Å². The topological polar surface area (TPSA) is 70.6 Å². The zero-order valence-corrected chi connectivity index (χ0v) is 14.2. The largest absolute Gasteiger partial charge is 0.393 e. The number of aliphatic hydroxyl groups is 1. The summed E-state index contributed by atoms with van der Waals surface area (Å²) in [5.74, 6) is 0. The molecule has 0 aromatic heterocycles. The predicted molar refractivity (Wildman–Crippen MR) is 86.8 cm³/mol. The molecule has 0 aromatic rings. The fourth-order valence-corrected chi connectivity index (χ4v) is 4.19. The van der Waals surface area contributed by atoms with Crippen molar-refractivity contribution in [3.8, 4) is 0 Å². The van der Waals surface area contributed by atoms with Gasteiger partial charge < -0.3 is 20.5 Å². The van der Waals surface area contributed by atoms with Crippen LogP contribution < -0.4 is 10.6 Å². The van der Waals surface area contributed by atoms with Gasteiger partial charge >= 0.3 is 6.03 Å². The minimum absolute atomic E-state index is 0.0624. The molecule has 0 saturated heterocycles. The van der Waals surface area contributed by atoms with Crippen LogP contribution in [0.4, 0.5) is 4.79 Å². The van der Waals surface area contributed by atoms with E-state index in [2.05, 4.69) is 24.5 Å². The van der Waals surface area contributed by atoms with Crippen LogP contribution in [0.2, 0.25) is 0 Å². The summed E-state index contributed by atoms with van der Waals surface area (Å²) in [6, 6.07) is 0.338. The second-order valence-corrected chi connectivity index (χ2v) is 6.80. The lowest BCUT2D eigenvalue weighted by atomic mass is 9.58. The van der Waals surface area contributed by atoms with Gasteiger partial charge in [-0.05, 0) is 51.9 Å². The highest BCUT2D eigenvalue weighted by Crippen LogP contribution is 2.48. The van der Waals surface area contributed by atoms with Gasteiger partial charge in [-0.15, -0.1) is 0 Å². The van der Waals surface area contributed by atoms with E-state index in [9.17, 15) is 9.90 Å². The van der Waals surface area contributed by atoms with E-state index in [0.717, 1.165) is 51.6 Å². The van der Waals surface area contributed by atoms with Gasteiger partial charge in [0, 0.05) is 24.1 Å². The summed E-state index contributed by atoms with van der Waals surface area (Å²) in [5.41, 5.74) is 0.0795. The van der Waals surface area contributed by atoms with Gasteiger partial charge in [-0.2, -0.15) is 0 Å². The summed E-state index contributed by atoms with van der Waals surface area (Å²) in [5, 5.41) is 15.8. The molecule has 128 valence electrons. The minimum Gasteiger partial charge on any atom is -0.393 e. The molecule has 2 amide bonds. The zero-order valence-electron chi connectivity index (χ0n) is 14.2. The molecule has 2 rings (SSSR count). The Morgan fingerprint density at radius 3 is 2.32 bits per heavy atom. The van der Waals surface area contributed by atoms with Gasteiger partial charge in [0.15, 0.2) is 0 Å². The van der Waals surface area contributed by atoms with Crippen LogP contribution in [0.3, 0.4) is 0 Å². The zero-order chi connectivity index (χ0) is 16.2. The maximum absolute atomic E-state index is 12.3. The Labute approximate surface area is 134 Å². The first-order valence-corrected chi connectivity index (χ1v) is 8.92. The maximum atomic E-state index is 12.3. The molecule has 0 radical (unpaired) electrons. The van der Waals surface area contributed by atoms with E-state index in [1.165, 1.54) is 0 Å². The number of ether oxygens (including phenoxy) is 1. The predicted octanol–water partition coefficient (Wildman–Crippen LogP) is 2.57. The molecule has 5 nitrogen and oxygen atoms in total. The lowest BCUT2D eigenvalue weighted by molar-refractivity contribution is -0.134. The van der Waals surface area contributed by atoms with Crippen molar-refractivity contribution in [3.63, 3.8) is 0 Å². The van der Waals surface area contributed by atoms with Crippen LogP contribution >= 0.6 is 0 Å². The Bertz CT molecular complexity index is 363. The van der Waals surface area contributed by atoms with E-state index >= 15 is 0 Å². The maximum Gasteiger partial charge on any atom is 0.315 e.